The van der Waals surface area contributed by atoms with Gasteiger partial charge in [-0.2, -0.15) is 0 Å². The molecule has 1 aromatic heterocycles. The zero-order valence-electron chi connectivity index (χ0n) is 10.1. The number of anilines is 1. The Morgan fingerprint density at radius 2 is 2.25 bits per heavy atom. The van der Waals surface area contributed by atoms with Gasteiger partial charge in [0.25, 0.3) is 0 Å². The highest BCUT2D eigenvalue weighted by molar-refractivity contribution is 5.35. The van der Waals surface area contributed by atoms with Crippen molar-refractivity contribution in [1.29, 1.82) is 0 Å². The summed E-state index contributed by atoms with van der Waals surface area (Å²) in [5.74, 6) is 1.53. The highest BCUT2D eigenvalue weighted by Gasteiger charge is 2.41. The number of hydrogen-bond donors (Lipinski definition) is 1. The third-order valence-corrected chi connectivity index (χ3v) is 3.60. The van der Waals surface area contributed by atoms with Gasteiger partial charge in [-0.1, -0.05) is 13.8 Å². The number of nitrogens with zero attached hydrogens (tertiary/aromatic N) is 1. The minimum atomic E-state index is 0.391. The van der Waals surface area contributed by atoms with E-state index in [0.29, 0.717) is 17.0 Å². The number of rotatable bonds is 4. The Hall–Kier alpha value is -1.25. The third kappa shape index (κ3) is 2.29. The predicted molar refractivity (Wildman–Crippen MR) is 65.3 cm³/mol. The van der Waals surface area contributed by atoms with Crippen LogP contribution >= 0.6 is 0 Å². The average Bonchev–Trinajstić information content (AvgIpc) is 2.25. The van der Waals surface area contributed by atoms with E-state index in [2.05, 4.69) is 18.8 Å². The van der Waals surface area contributed by atoms with Crippen molar-refractivity contribution in [1.82, 2.24) is 4.98 Å². The number of nitrogen functional groups attached to an aromatic ring is 1. The van der Waals surface area contributed by atoms with Crippen molar-refractivity contribution < 1.29 is 4.74 Å². The summed E-state index contributed by atoms with van der Waals surface area (Å²) in [7, 11) is 0. The Balaban J connectivity index is 1.89. The molecule has 1 aliphatic carbocycles. The molecule has 0 amide bonds. The summed E-state index contributed by atoms with van der Waals surface area (Å²) in [4.78, 5) is 4.15. The summed E-state index contributed by atoms with van der Waals surface area (Å²) in [5.41, 5.74) is 6.64. The van der Waals surface area contributed by atoms with Crippen molar-refractivity contribution in [3.8, 4) is 5.88 Å². The first-order chi connectivity index (χ1) is 7.63. The van der Waals surface area contributed by atoms with Gasteiger partial charge in [0.05, 0.1) is 18.5 Å². The quantitative estimate of drug-likeness (QED) is 0.848. The molecule has 1 aromatic rings. The molecule has 0 atom stereocenters. The van der Waals surface area contributed by atoms with Crippen LogP contribution in [0.15, 0.2) is 18.3 Å². The Morgan fingerprint density at radius 1 is 1.50 bits per heavy atom. The summed E-state index contributed by atoms with van der Waals surface area (Å²) in [5, 5.41) is 0. The van der Waals surface area contributed by atoms with Gasteiger partial charge in [-0.15, -0.1) is 0 Å². The fourth-order valence-electron chi connectivity index (χ4n) is 2.63. The SMILES string of the molecule is CCC1(COc2ccc(N)cn2)CC(C)C1. The molecule has 0 aromatic carbocycles. The molecular formula is C13H20N2O. The van der Waals surface area contributed by atoms with Crippen LogP contribution in [0.1, 0.15) is 33.1 Å². The van der Waals surface area contributed by atoms with Gasteiger partial charge in [-0.05, 0) is 31.2 Å². The summed E-state index contributed by atoms with van der Waals surface area (Å²) < 4.78 is 5.74. The highest BCUT2D eigenvalue weighted by atomic mass is 16.5. The first-order valence-electron chi connectivity index (χ1n) is 5.98. The van der Waals surface area contributed by atoms with E-state index in [1.165, 1.54) is 19.3 Å². The molecule has 88 valence electrons. The molecule has 0 radical (unpaired) electrons. The smallest absolute Gasteiger partial charge is 0.213 e. The largest absolute Gasteiger partial charge is 0.477 e. The van der Waals surface area contributed by atoms with Crippen LogP contribution in [0.25, 0.3) is 0 Å². The zero-order valence-corrected chi connectivity index (χ0v) is 10.1. The van der Waals surface area contributed by atoms with Gasteiger partial charge in [0, 0.05) is 11.5 Å². The lowest BCUT2D eigenvalue weighted by atomic mass is 9.62. The van der Waals surface area contributed by atoms with Gasteiger partial charge >= 0.3 is 0 Å². The number of nitrogens with two attached hydrogens (primary N) is 1. The van der Waals surface area contributed by atoms with E-state index in [4.69, 9.17) is 10.5 Å². The van der Waals surface area contributed by atoms with Crippen molar-refractivity contribution in [2.24, 2.45) is 11.3 Å². The summed E-state index contributed by atoms with van der Waals surface area (Å²) in [6.45, 7) is 5.33. The molecule has 0 saturated heterocycles. The van der Waals surface area contributed by atoms with Gasteiger partial charge in [0.15, 0.2) is 0 Å². The molecule has 2 rings (SSSR count). The van der Waals surface area contributed by atoms with E-state index in [0.717, 1.165) is 12.5 Å². The maximum absolute atomic E-state index is 5.74. The molecule has 0 spiro atoms. The van der Waals surface area contributed by atoms with Crippen molar-refractivity contribution in [3.63, 3.8) is 0 Å². The monoisotopic (exact) mass is 220 g/mol. The van der Waals surface area contributed by atoms with Crippen LogP contribution in [0.5, 0.6) is 5.88 Å². The van der Waals surface area contributed by atoms with Crippen molar-refractivity contribution in [2.75, 3.05) is 12.3 Å². The zero-order chi connectivity index (χ0) is 11.6. The van der Waals surface area contributed by atoms with Crippen LogP contribution in [0, 0.1) is 11.3 Å². The van der Waals surface area contributed by atoms with E-state index < -0.39 is 0 Å². The Morgan fingerprint density at radius 3 is 2.75 bits per heavy atom. The molecule has 0 unspecified atom stereocenters. The Bertz CT molecular complexity index is 341. The fraction of sp³-hybridized carbons (Fsp3) is 0.615. The lowest BCUT2D eigenvalue weighted by molar-refractivity contribution is 0.00761. The normalized spacial score (nSPS) is 28.5. The van der Waals surface area contributed by atoms with Crippen LogP contribution in [0.2, 0.25) is 0 Å². The van der Waals surface area contributed by atoms with Crippen LogP contribution < -0.4 is 10.5 Å². The number of hydrogen-bond acceptors (Lipinski definition) is 3. The molecule has 2 N–H and O–H groups in total. The van der Waals surface area contributed by atoms with Crippen molar-refractivity contribution in [3.05, 3.63) is 18.3 Å². The van der Waals surface area contributed by atoms with Crippen molar-refractivity contribution >= 4 is 5.69 Å². The third-order valence-electron chi connectivity index (χ3n) is 3.60. The van der Waals surface area contributed by atoms with Gasteiger partial charge in [-0.3, -0.25) is 0 Å². The van der Waals surface area contributed by atoms with Gasteiger partial charge in [0.2, 0.25) is 5.88 Å². The fourth-order valence-corrected chi connectivity index (χ4v) is 2.63. The first-order valence-corrected chi connectivity index (χ1v) is 5.98. The molecule has 1 aliphatic rings. The maximum Gasteiger partial charge on any atom is 0.213 e. The van der Waals surface area contributed by atoms with E-state index in [1.807, 2.05) is 12.1 Å². The second-order valence-corrected chi connectivity index (χ2v) is 5.09. The first kappa shape index (κ1) is 11.2. The topological polar surface area (TPSA) is 48.1 Å². The number of aromatic nitrogens is 1. The van der Waals surface area contributed by atoms with E-state index >= 15 is 0 Å². The molecule has 0 aliphatic heterocycles. The molecule has 0 bridgehead atoms. The standard InChI is InChI=1S/C13H20N2O/c1-3-13(6-10(2)7-13)9-16-12-5-4-11(14)8-15-12/h4-5,8,10H,3,6-7,9,14H2,1-2H3. The molecular weight excluding hydrogens is 200 g/mol. The summed E-state index contributed by atoms with van der Waals surface area (Å²) in [6, 6.07) is 3.66. The van der Waals surface area contributed by atoms with E-state index in [9.17, 15) is 0 Å². The highest BCUT2D eigenvalue weighted by Crippen LogP contribution is 2.47. The number of pyridine rings is 1. The molecule has 1 saturated carbocycles. The predicted octanol–water partition coefficient (Wildman–Crippen LogP) is 2.87. The van der Waals surface area contributed by atoms with E-state index in [-0.39, 0.29) is 0 Å². The van der Waals surface area contributed by atoms with Gasteiger partial charge in [0.1, 0.15) is 0 Å². The second kappa shape index (κ2) is 4.32. The van der Waals surface area contributed by atoms with Crippen LogP contribution in [0.4, 0.5) is 5.69 Å². The minimum absolute atomic E-state index is 0.391. The van der Waals surface area contributed by atoms with Crippen LogP contribution in [-0.2, 0) is 0 Å². The number of ether oxygens (including phenoxy) is 1. The van der Waals surface area contributed by atoms with E-state index in [1.54, 1.807) is 6.20 Å². The minimum Gasteiger partial charge on any atom is -0.477 e. The van der Waals surface area contributed by atoms with Crippen LogP contribution in [-0.4, -0.2) is 11.6 Å². The lowest BCUT2D eigenvalue weighted by Gasteiger charge is -2.45. The Kier molecular flexibility index (Phi) is 3.03. The molecule has 3 heteroatoms. The molecule has 3 nitrogen and oxygen atoms in total. The maximum atomic E-state index is 5.74. The summed E-state index contributed by atoms with van der Waals surface area (Å²) in [6.07, 6.45) is 5.38. The van der Waals surface area contributed by atoms with Crippen LogP contribution in [0.3, 0.4) is 0 Å². The van der Waals surface area contributed by atoms with Gasteiger partial charge < -0.3 is 10.5 Å². The van der Waals surface area contributed by atoms with Gasteiger partial charge in [-0.25, -0.2) is 4.98 Å². The Labute approximate surface area is 97.0 Å². The average molecular weight is 220 g/mol. The van der Waals surface area contributed by atoms with Crippen molar-refractivity contribution in [2.45, 2.75) is 33.1 Å². The second-order valence-electron chi connectivity index (χ2n) is 5.09. The summed E-state index contributed by atoms with van der Waals surface area (Å²) >= 11 is 0. The lowest BCUT2D eigenvalue weighted by Crippen LogP contribution is -2.40. The molecule has 16 heavy (non-hydrogen) atoms. The molecule has 1 fully saturated rings. The molecule has 1 heterocycles.